The Bertz CT molecular complexity index is 1160. The minimum Gasteiger partial charge on any atom is -0.465 e. The third kappa shape index (κ3) is 3.87. The second-order valence-electron chi connectivity index (χ2n) is 15.3. The van der Waals surface area contributed by atoms with Gasteiger partial charge in [-0.05, 0) is 90.1 Å². The van der Waals surface area contributed by atoms with Gasteiger partial charge in [-0.2, -0.15) is 0 Å². The van der Waals surface area contributed by atoms with Crippen LogP contribution in [0.5, 0.6) is 0 Å². The van der Waals surface area contributed by atoms with Crippen LogP contribution in [0.1, 0.15) is 114 Å². The molecular weight excluding hydrogens is 488 g/mol. The predicted molar refractivity (Wildman–Crippen MR) is 152 cm³/mol. The fourth-order valence-corrected chi connectivity index (χ4v) is 10.8. The first-order chi connectivity index (χ1) is 18.0. The maximum absolute atomic E-state index is 13.5. The molecule has 0 aliphatic heterocycles. The fraction of sp³-hybridized carbons (Fsp3) is 0.794. The molecule has 5 aliphatic carbocycles. The van der Waals surface area contributed by atoms with Crippen molar-refractivity contribution in [1.29, 1.82) is 0 Å². The third-order valence-electron chi connectivity index (χ3n) is 12.8. The van der Waals surface area contributed by atoms with E-state index in [4.69, 9.17) is 9.47 Å². The van der Waals surface area contributed by atoms with Crippen molar-refractivity contribution < 1.29 is 23.9 Å². The lowest BCUT2D eigenvalue weighted by molar-refractivity contribution is -0.207. The Balaban J connectivity index is 1.59. The molecule has 39 heavy (non-hydrogen) atoms. The van der Waals surface area contributed by atoms with E-state index in [9.17, 15) is 14.4 Å². The lowest BCUT2D eigenvalue weighted by atomic mass is 9.35. The molecule has 0 aromatic rings. The van der Waals surface area contributed by atoms with Crippen LogP contribution in [0, 0.1) is 44.8 Å². The van der Waals surface area contributed by atoms with Gasteiger partial charge >= 0.3 is 11.9 Å². The molecule has 0 N–H and O–H groups in total. The van der Waals surface area contributed by atoms with Crippen LogP contribution in [0.4, 0.5) is 0 Å². The van der Waals surface area contributed by atoms with E-state index in [-0.39, 0.29) is 56.8 Å². The number of fused-ring (bicyclic) bond motifs is 7. The van der Waals surface area contributed by atoms with Crippen molar-refractivity contribution in [3.63, 3.8) is 0 Å². The Hall–Kier alpha value is -1.91. The smallest absolute Gasteiger partial charge is 0.302 e. The monoisotopic (exact) mass is 538 g/mol. The van der Waals surface area contributed by atoms with Crippen LogP contribution in [0.3, 0.4) is 0 Å². The number of allylic oxidation sites excluding steroid dienone is 3. The Morgan fingerprint density at radius 1 is 0.949 bits per heavy atom. The lowest BCUT2D eigenvalue weighted by Gasteiger charge is -2.70. The van der Waals surface area contributed by atoms with Gasteiger partial charge in [0, 0.05) is 36.7 Å². The van der Waals surface area contributed by atoms with E-state index in [0.29, 0.717) is 24.9 Å². The molecule has 0 aromatic carbocycles. The van der Waals surface area contributed by atoms with Gasteiger partial charge in [0.1, 0.15) is 12.7 Å². The molecular formula is C34H50O5. The molecule has 0 heterocycles. The average Bonchev–Trinajstić information content (AvgIpc) is 3.12. The Labute approximate surface area is 235 Å². The minimum atomic E-state index is -0.387. The lowest BCUT2D eigenvalue weighted by Crippen LogP contribution is -2.64. The quantitative estimate of drug-likeness (QED) is 0.349. The van der Waals surface area contributed by atoms with E-state index in [1.807, 2.05) is 0 Å². The van der Waals surface area contributed by atoms with Crippen LogP contribution in [-0.2, 0) is 23.9 Å². The fourth-order valence-electron chi connectivity index (χ4n) is 10.8. The Kier molecular flexibility index (Phi) is 6.64. The molecule has 0 bridgehead atoms. The number of ketones is 1. The highest BCUT2D eigenvalue weighted by molar-refractivity contribution is 6.02. The predicted octanol–water partition coefficient (Wildman–Crippen LogP) is 7.38. The molecule has 0 aromatic heterocycles. The molecule has 7 atom stereocenters. The van der Waals surface area contributed by atoms with Crippen LogP contribution in [0.25, 0.3) is 0 Å². The number of esters is 2. The number of ether oxygens (including phenoxy) is 2. The molecule has 5 nitrogen and oxygen atoms in total. The van der Waals surface area contributed by atoms with Crippen LogP contribution < -0.4 is 0 Å². The van der Waals surface area contributed by atoms with Gasteiger partial charge < -0.3 is 9.47 Å². The number of hydrogen-bond acceptors (Lipinski definition) is 5. The molecule has 0 amide bonds. The van der Waals surface area contributed by atoms with Crippen molar-refractivity contribution in [2.45, 2.75) is 120 Å². The van der Waals surface area contributed by atoms with E-state index in [2.05, 4.69) is 54.5 Å². The largest absolute Gasteiger partial charge is 0.465 e. The van der Waals surface area contributed by atoms with Gasteiger partial charge in [0.15, 0.2) is 5.78 Å². The highest BCUT2D eigenvalue weighted by Crippen LogP contribution is 2.75. The summed E-state index contributed by atoms with van der Waals surface area (Å²) in [6, 6.07) is 0. The minimum absolute atomic E-state index is 0.0254. The maximum Gasteiger partial charge on any atom is 0.302 e. The van der Waals surface area contributed by atoms with Crippen LogP contribution in [-0.4, -0.2) is 30.4 Å². The van der Waals surface area contributed by atoms with E-state index in [1.165, 1.54) is 25.0 Å². The summed E-state index contributed by atoms with van der Waals surface area (Å²) in [6.45, 7) is 19.8. The van der Waals surface area contributed by atoms with Gasteiger partial charge in [-0.25, -0.2) is 0 Å². The molecule has 5 heteroatoms. The van der Waals surface area contributed by atoms with Crippen molar-refractivity contribution in [3.05, 3.63) is 22.8 Å². The van der Waals surface area contributed by atoms with Crippen LogP contribution in [0.2, 0.25) is 0 Å². The van der Waals surface area contributed by atoms with Gasteiger partial charge in [-0.1, -0.05) is 54.5 Å². The summed E-state index contributed by atoms with van der Waals surface area (Å²) in [7, 11) is 0. The second kappa shape index (κ2) is 9.05. The number of hydrogen-bond donors (Lipinski definition) is 0. The Morgan fingerprint density at radius 2 is 1.64 bits per heavy atom. The van der Waals surface area contributed by atoms with Crippen molar-refractivity contribution in [3.8, 4) is 0 Å². The van der Waals surface area contributed by atoms with Crippen LogP contribution in [0.15, 0.2) is 22.8 Å². The summed E-state index contributed by atoms with van der Waals surface area (Å²) in [5.74, 6) is 0.957. The van der Waals surface area contributed by atoms with Crippen molar-refractivity contribution >= 4 is 17.7 Å². The van der Waals surface area contributed by atoms with Crippen molar-refractivity contribution in [2.75, 3.05) is 6.61 Å². The van der Waals surface area contributed by atoms with Gasteiger partial charge in [0.25, 0.3) is 0 Å². The van der Waals surface area contributed by atoms with Gasteiger partial charge in [-0.3, -0.25) is 14.4 Å². The molecule has 0 unspecified atom stereocenters. The molecule has 3 fully saturated rings. The van der Waals surface area contributed by atoms with Crippen LogP contribution >= 0.6 is 0 Å². The molecule has 5 rings (SSSR count). The molecule has 3 saturated carbocycles. The molecule has 216 valence electrons. The standard InChI is InChI=1S/C34H50O5/c1-20(2)28-24(37)18-34(19-38-21(3)35)17-16-32(8)23(29(28)34)10-11-26-31(7)14-13-27(39-22(4)36)30(5,6)25(31)12-15-33(26,32)9/h10,20,25-27H,11-19H2,1-9H3/t25-,26+,27-,31-,32+,33+,34-/m0/s1. The third-order valence-corrected chi connectivity index (χ3v) is 12.8. The van der Waals surface area contributed by atoms with E-state index in [0.717, 1.165) is 50.5 Å². The second-order valence-corrected chi connectivity index (χ2v) is 15.3. The summed E-state index contributed by atoms with van der Waals surface area (Å²) in [6.07, 6.45) is 10.1. The zero-order valence-electron chi connectivity index (χ0n) is 25.8. The SMILES string of the molecule is CC(=O)OC[C@@]12CC[C@]3(C)C(=CC[C@@H]4[C@@]5(C)CC[C@H](OC(C)=O)C(C)(C)[C@@H]5CC[C@]43C)C1=C(C(C)C)C(=O)C2. The van der Waals surface area contributed by atoms with Gasteiger partial charge in [0.2, 0.25) is 0 Å². The summed E-state index contributed by atoms with van der Waals surface area (Å²) < 4.78 is 11.6. The van der Waals surface area contributed by atoms with E-state index in [1.54, 1.807) is 0 Å². The van der Waals surface area contributed by atoms with Crippen molar-refractivity contribution in [2.24, 2.45) is 44.8 Å². The maximum atomic E-state index is 13.5. The first-order valence-corrected chi connectivity index (χ1v) is 15.3. The summed E-state index contributed by atoms with van der Waals surface area (Å²) in [4.78, 5) is 37.4. The van der Waals surface area contributed by atoms with Crippen molar-refractivity contribution in [1.82, 2.24) is 0 Å². The first-order valence-electron chi connectivity index (χ1n) is 15.3. The molecule has 0 saturated heterocycles. The Morgan fingerprint density at radius 3 is 2.26 bits per heavy atom. The first kappa shape index (κ1) is 28.6. The van der Waals surface area contributed by atoms with Gasteiger partial charge in [0.05, 0.1) is 0 Å². The zero-order chi connectivity index (χ0) is 28.8. The molecule has 0 spiro atoms. The normalized spacial score (nSPS) is 42.7. The summed E-state index contributed by atoms with van der Waals surface area (Å²) >= 11 is 0. The number of carbonyl (C=O) groups excluding carboxylic acids is 3. The van der Waals surface area contributed by atoms with E-state index < -0.39 is 0 Å². The van der Waals surface area contributed by atoms with Gasteiger partial charge in [-0.15, -0.1) is 0 Å². The number of Topliss-reactive ketones (excluding diaryl/α,β-unsaturated/α-hetero) is 1. The number of carbonyl (C=O) groups is 3. The molecule has 5 aliphatic rings. The summed E-state index contributed by atoms with van der Waals surface area (Å²) in [5.41, 5.74) is 3.34. The van der Waals surface area contributed by atoms with E-state index >= 15 is 0 Å². The highest BCUT2D eigenvalue weighted by atomic mass is 16.5. The zero-order valence-corrected chi connectivity index (χ0v) is 25.8. The highest BCUT2D eigenvalue weighted by Gasteiger charge is 2.68. The average molecular weight is 539 g/mol. The molecule has 0 radical (unpaired) electrons. The summed E-state index contributed by atoms with van der Waals surface area (Å²) in [5, 5.41) is 0. The number of rotatable bonds is 4. The topological polar surface area (TPSA) is 69.7 Å².